The first kappa shape index (κ1) is 18.3. The molecular formula is C20H24N2O4. The smallest absolute Gasteiger partial charge is 0.262 e. The molecule has 0 saturated carbocycles. The highest BCUT2D eigenvalue weighted by Gasteiger charge is 2.22. The van der Waals surface area contributed by atoms with Crippen molar-refractivity contribution >= 4 is 12.0 Å². The van der Waals surface area contributed by atoms with E-state index in [4.69, 9.17) is 14.2 Å². The highest BCUT2D eigenvalue weighted by Crippen LogP contribution is 2.36. The summed E-state index contributed by atoms with van der Waals surface area (Å²) in [7, 11) is 0. The number of rotatable bonds is 6. The number of nitrogens with zero attached hydrogens (tertiary/aromatic N) is 1. The van der Waals surface area contributed by atoms with Crippen molar-refractivity contribution in [1.29, 1.82) is 5.26 Å². The molecule has 6 nitrogen and oxygen atoms in total. The fraction of sp³-hybridized carbons (Fsp3) is 0.500. The maximum absolute atomic E-state index is 12.4. The van der Waals surface area contributed by atoms with E-state index in [0.29, 0.717) is 24.5 Å². The van der Waals surface area contributed by atoms with Gasteiger partial charge in [-0.3, -0.25) is 4.79 Å². The lowest BCUT2D eigenvalue weighted by molar-refractivity contribution is -0.117. The number of benzene rings is 1. The second-order valence-electron chi connectivity index (χ2n) is 6.58. The zero-order chi connectivity index (χ0) is 18.5. The molecule has 0 spiro atoms. The van der Waals surface area contributed by atoms with Crippen LogP contribution in [-0.2, 0) is 16.0 Å². The molecule has 26 heavy (non-hydrogen) atoms. The molecule has 3 rings (SSSR count). The Hall–Kier alpha value is -2.52. The van der Waals surface area contributed by atoms with Crippen molar-refractivity contribution < 1.29 is 19.0 Å². The molecule has 0 aromatic heterocycles. The van der Waals surface area contributed by atoms with Crippen LogP contribution < -0.4 is 14.8 Å². The van der Waals surface area contributed by atoms with E-state index in [0.717, 1.165) is 37.2 Å². The van der Waals surface area contributed by atoms with Crippen molar-refractivity contribution in [2.45, 2.75) is 45.3 Å². The van der Waals surface area contributed by atoms with Gasteiger partial charge in [-0.25, -0.2) is 0 Å². The number of hydrogen-bond donors (Lipinski definition) is 1. The minimum absolute atomic E-state index is 0.0350. The Balaban J connectivity index is 1.80. The number of nitriles is 1. The predicted molar refractivity (Wildman–Crippen MR) is 97.0 cm³/mol. The summed E-state index contributed by atoms with van der Waals surface area (Å²) in [5, 5.41) is 12.2. The molecule has 1 N–H and O–H groups in total. The number of fused-ring (bicyclic) bond motifs is 1. The normalized spacial score (nSPS) is 21.7. The number of carbonyl (C=O) groups is 1. The molecule has 1 saturated heterocycles. The minimum atomic E-state index is -0.403. The molecule has 2 atom stereocenters. The van der Waals surface area contributed by atoms with E-state index >= 15 is 0 Å². The molecule has 2 aliphatic rings. The molecule has 0 bridgehead atoms. The third-order valence-corrected chi connectivity index (χ3v) is 4.51. The molecule has 1 aromatic carbocycles. The van der Waals surface area contributed by atoms with Gasteiger partial charge in [0.25, 0.3) is 5.91 Å². The summed E-state index contributed by atoms with van der Waals surface area (Å²) in [5.74, 6) is 1.04. The lowest BCUT2D eigenvalue weighted by Crippen LogP contribution is -2.32. The van der Waals surface area contributed by atoms with Crippen LogP contribution in [0.25, 0.3) is 6.08 Å². The Morgan fingerprint density at radius 1 is 1.50 bits per heavy atom. The molecule has 0 aliphatic carbocycles. The third kappa shape index (κ3) is 4.17. The second-order valence-corrected chi connectivity index (χ2v) is 6.58. The second kappa shape index (κ2) is 8.24. The molecule has 1 aromatic rings. The summed E-state index contributed by atoms with van der Waals surface area (Å²) in [6.45, 7) is 5.56. The summed E-state index contributed by atoms with van der Waals surface area (Å²) in [6, 6.07) is 5.76. The zero-order valence-electron chi connectivity index (χ0n) is 15.2. The van der Waals surface area contributed by atoms with Gasteiger partial charge in [0.2, 0.25) is 0 Å². The van der Waals surface area contributed by atoms with Gasteiger partial charge in [-0.05, 0) is 44.9 Å². The standard InChI is InChI=1S/C20H24N2O4/c1-3-24-18-9-14-7-13(2)26-19(14)10-15(18)8-16(11-21)20(23)22-12-17-5-4-6-25-17/h8-10,13,17H,3-7,12H2,1-2H3,(H,22,23)/b16-8+/t13-,17-/m1/s1. The largest absolute Gasteiger partial charge is 0.493 e. The van der Waals surface area contributed by atoms with Gasteiger partial charge >= 0.3 is 0 Å². The maximum Gasteiger partial charge on any atom is 0.262 e. The quantitative estimate of drug-likeness (QED) is 0.626. The van der Waals surface area contributed by atoms with Gasteiger partial charge < -0.3 is 19.5 Å². The summed E-state index contributed by atoms with van der Waals surface area (Å²) < 4.78 is 17.0. The van der Waals surface area contributed by atoms with Crippen LogP contribution in [0.3, 0.4) is 0 Å². The fourth-order valence-corrected chi connectivity index (χ4v) is 3.26. The van der Waals surface area contributed by atoms with Crippen molar-refractivity contribution in [1.82, 2.24) is 5.32 Å². The van der Waals surface area contributed by atoms with Gasteiger partial charge in [0.1, 0.15) is 29.2 Å². The molecule has 0 unspecified atom stereocenters. The van der Waals surface area contributed by atoms with E-state index in [-0.39, 0.29) is 17.8 Å². The highest BCUT2D eigenvalue weighted by molar-refractivity contribution is 6.02. The predicted octanol–water partition coefficient (Wildman–Crippen LogP) is 2.61. The van der Waals surface area contributed by atoms with Gasteiger partial charge in [0.05, 0.1) is 12.7 Å². The molecule has 6 heteroatoms. The lowest BCUT2D eigenvalue weighted by Gasteiger charge is -2.12. The Morgan fingerprint density at radius 3 is 3.04 bits per heavy atom. The molecule has 2 heterocycles. The van der Waals surface area contributed by atoms with Crippen LogP contribution in [0.4, 0.5) is 0 Å². The number of hydrogen-bond acceptors (Lipinski definition) is 5. The monoisotopic (exact) mass is 356 g/mol. The Morgan fingerprint density at radius 2 is 2.35 bits per heavy atom. The van der Waals surface area contributed by atoms with Crippen molar-refractivity contribution in [3.05, 3.63) is 28.8 Å². The van der Waals surface area contributed by atoms with Crippen LogP contribution in [0.5, 0.6) is 11.5 Å². The molecule has 0 radical (unpaired) electrons. The van der Waals surface area contributed by atoms with Gasteiger partial charge in [-0.2, -0.15) is 5.26 Å². The SMILES string of the molecule is CCOc1cc2c(cc1/C=C(\C#N)C(=O)NC[C@H]1CCCO1)O[C@H](C)C2. The molecular weight excluding hydrogens is 332 g/mol. The van der Waals surface area contributed by atoms with Crippen molar-refractivity contribution in [2.75, 3.05) is 19.8 Å². The first-order chi connectivity index (χ1) is 12.6. The van der Waals surface area contributed by atoms with E-state index in [1.54, 1.807) is 6.08 Å². The average Bonchev–Trinajstić information content (AvgIpc) is 3.26. The van der Waals surface area contributed by atoms with Crippen LogP contribution in [0, 0.1) is 11.3 Å². The topological polar surface area (TPSA) is 80.6 Å². The summed E-state index contributed by atoms with van der Waals surface area (Å²) in [5.41, 5.74) is 1.79. The average molecular weight is 356 g/mol. The van der Waals surface area contributed by atoms with E-state index in [2.05, 4.69) is 5.32 Å². The number of amides is 1. The van der Waals surface area contributed by atoms with Crippen LogP contribution in [0.2, 0.25) is 0 Å². The maximum atomic E-state index is 12.4. The summed E-state index contributed by atoms with van der Waals surface area (Å²) >= 11 is 0. The summed E-state index contributed by atoms with van der Waals surface area (Å²) in [4.78, 5) is 12.4. The minimum Gasteiger partial charge on any atom is -0.493 e. The fourth-order valence-electron chi connectivity index (χ4n) is 3.26. The van der Waals surface area contributed by atoms with Crippen LogP contribution in [0.15, 0.2) is 17.7 Å². The number of nitrogens with one attached hydrogen (secondary N) is 1. The first-order valence-electron chi connectivity index (χ1n) is 9.08. The van der Waals surface area contributed by atoms with Crippen molar-refractivity contribution in [3.63, 3.8) is 0 Å². The Labute approximate surface area is 153 Å². The van der Waals surface area contributed by atoms with E-state index in [1.807, 2.05) is 32.0 Å². The van der Waals surface area contributed by atoms with E-state index in [1.165, 1.54) is 0 Å². The van der Waals surface area contributed by atoms with Gasteiger partial charge in [0, 0.05) is 30.7 Å². The Kier molecular flexibility index (Phi) is 5.79. The number of ether oxygens (including phenoxy) is 3. The van der Waals surface area contributed by atoms with Gasteiger partial charge in [-0.15, -0.1) is 0 Å². The lowest BCUT2D eigenvalue weighted by atomic mass is 10.0. The van der Waals surface area contributed by atoms with Crippen LogP contribution in [-0.4, -0.2) is 37.9 Å². The van der Waals surface area contributed by atoms with Crippen molar-refractivity contribution in [2.24, 2.45) is 0 Å². The van der Waals surface area contributed by atoms with E-state index in [9.17, 15) is 10.1 Å². The summed E-state index contributed by atoms with van der Waals surface area (Å²) in [6.07, 6.45) is 4.47. The van der Waals surface area contributed by atoms with E-state index < -0.39 is 5.91 Å². The Bertz CT molecular complexity index is 745. The molecule has 1 fully saturated rings. The third-order valence-electron chi connectivity index (χ3n) is 4.51. The van der Waals surface area contributed by atoms with Crippen molar-refractivity contribution in [3.8, 4) is 17.6 Å². The van der Waals surface area contributed by atoms with Crippen LogP contribution in [0.1, 0.15) is 37.8 Å². The molecule has 138 valence electrons. The van der Waals surface area contributed by atoms with Crippen LogP contribution >= 0.6 is 0 Å². The zero-order valence-corrected chi connectivity index (χ0v) is 15.2. The molecule has 1 amide bonds. The molecule has 2 aliphatic heterocycles. The highest BCUT2D eigenvalue weighted by atomic mass is 16.5. The van der Waals surface area contributed by atoms with Gasteiger partial charge in [0.15, 0.2) is 0 Å². The first-order valence-corrected chi connectivity index (χ1v) is 9.08. The van der Waals surface area contributed by atoms with Gasteiger partial charge in [-0.1, -0.05) is 0 Å². The number of carbonyl (C=O) groups excluding carboxylic acids is 1.